The van der Waals surface area contributed by atoms with Gasteiger partial charge in [0.05, 0.1) is 5.01 Å². The maximum Gasteiger partial charge on any atom is 0.273 e. The van der Waals surface area contributed by atoms with Gasteiger partial charge in [-0.25, -0.2) is 18.1 Å². The van der Waals surface area contributed by atoms with Crippen molar-refractivity contribution in [2.24, 2.45) is 0 Å². The first-order chi connectivity index (χ1) is 9.01. The van der Waals surface area contributed by atoms with Crippen LogP contribution in [0.3, 0.4) is 0 Å². The zero-order valence-electron chi connectivity index (χ0n) is 10.1. The quantitative estimate of drug-likeness (QED) is 0.814. The van der Waals surface area contributed by atoms with Crippen molar-refractivity contribution < 1.29 is 17.6 Å². The van der Waals surface area contributed by atoms with E-state index in [-0.39, 0.29) is 17.4 Å². The van der Waals surface area contributed by atoms with Crippen molar-refractivity contribution in [1.82, 2.24) is 9.71 Å². The topological polar surface area (TPSA) is 89.3 Å². The molecule has 0 aliphatic heterocycles. The van der Waals surface area contributed by atoms with E-state index in [2.05, 4.69) is 9.71 Å². The molecule has 0 saturated carbocycles. The number of thiazole rings is 1. The van der Waals surface area contributed by atoms with Gasteiger partial charge < -0.3 is 4.42 Å². The molecule has 0 atom stereocenters. The van der Waals surface area contributed by atoms with Crippen LogP contribution in [0.15, 0.2) is 27.0 Å². The smallest absolute Gasteiger partial charge is 0.273 e. The summed E-state index contributed by atoms with van der Waals surface area (Å²) in [6.45, 7) is 2.11. The summed E-state index contributed by atoms with van der Waals surface area (Å²) in [5.74, 6) is -0.0177. The predicted molar refractivity (Wildman–Crippen MR) is 69.8 cm³/mol. The van der Waals surface area contributed by atoms with E-state index in [4.69, 9.17) is 4.42 Å². The summed E-state index contributed by atoms with van der Waals surface area (Å²) in [4.78, 5) is 14.7. The number of furan rings is 1. The number of rotatable bonds is 6. The molecule has 102 valence electrons. The van der Waals surface area contributed by atoms with Crippen LogP contribution in [0, 0.1) is 6.92 Å². The number of sulfonamides is 1. The molecule has 2 heterocycles. The van der Waals surface area contributed by atoms with Crippen molar-refractivity contribution in [3.05, 3.63) is 34.0 Å². The molecule has 8 heteroatoms. The molecule has 0 spiro atoms. The Balaban J connectivity index is 1.96. The molecule has 0 aliphatic rings. The van der Waals surface area contributed by atoms with Crippen LogP contribution < -0.4 is 4.72 Å². The highest BCUT2D eigenvalue weighted by Crippen LogP contribution is 2.13. The second-order valence-corrected chi connectivity index (χ2v) is 6.45. The minimum Gasteiger partial charge on any atom is -0.440 e. The predicted octanol–water partition coefficient (Wildman–Crippen LogP) is 1.38. The van der Waals surface area contributed by atoms with Gasteiger partial charge in [0, 0.05) is 24.0 Å². The van der Waals surface area contributed by atoms with Crippen LogP contribution in [0.1, 0.15) is 21.3 Å². The SMILES string of the molecule is Cc1csc(CCNS(=O)(=O)c2ccc(C=O)o2)n1. The zero-order chi connectivity index (χ0) is 13.9. The van der Waals surface area contributed by atoms with Gasteiger partial charge in [-0.15, -0.1) is 11.3 Å². The summed E-state index contributed by atoms with van der Waals surface area (Å²) < 4.78 is 30.9. The van der Waals surface area contributed by atoms with Crippen LogP contribution >= 0.6 is 11.3 Å². The van der Waals surface area contributed by atoms with E-state index in [9.17, 15) is 13.2 Å². The molecule has 0 unspecified atom stereocenters. The molecule has 6 nitrogen and oxygen atoms in total. The van der Waals surface area contributed by atoms with Gasteiger partial charge in [-0.1, -0.05) is 0 Å². The summed E-state index contributed by atoms with van der Waals surface area (Å²) in [5, 5.41) is 2.52. The lowest BCUT2D eigenvalue weighted by molar-refractivity contribution is 0.109. The maximum absolute atomic E-state index is 11.8. The molecular weight excluding hydrogens is 288 g/mol. The Labute approximate surface area is 114 Å². The van der Waals surface area contributed by atoms with E-state index in [1.165, 1.54) is 23.5 Å². The van der Waals surface area contributed by atoms with Crippen LogP contribution in [-0.2, 0) is 16.4 Å². The summed E-state index contributed by atoms with van der Waals surface area (Å²) in [6.07, 6.45) is 0.969. The van der Waals surface area contributed by atoms with Crippen molar-refractivity contribution in [2.45, 2.75) is 18.4 Å². The largest absolute Gasteiger partial charge is 0.440 e. The van der Waals surface area contributed by atoms with Gasteiger partial charge in [0.1, 0.15) is 0 Å². The average molecular weight is 300 g/mol. The third-order valence-electron chi connectivity index (χ3n) is 2.28. The van der Waals surface area contributed by atoms with Crippen LogP contribution in [0.25, 0.3) is 0 Å². The Morgan fingerprint density at radius 3 is 2.84 bits per heavy atom. The molecule has 0 radical (unpaired) electrons. The normalized spacial score (nSPS) is 11.6. The molecule has 0 bridgehead atoms. The van der Waals surface area contributed by atoms with Crippen LogP contribution in [0.2, 0.25) is 0 Å². The number of carbonyl (C=O) groups excluding carboxylic acids is 1. The molecule has 0 amide bonds. The first-order valence-corrected chi connectivity index (χ1v) is 7.83. The van der Waals surface area contributed by atoms with Gasteiger partial charge in [0.15, 0.2) is 12.0 Å². The number of aromatic nitrogens is 1. The fourth-order valence-electron chi connectivity index (χ4n) is 1.42. The van der Waals surface area contributed by atoms with E-state index in [0.717, 1.165) is 10.7 Å². The molecule has 2 rings (SSSR count). The number of hydrogen-bond acceptors (Lipinski definition) is 6. The number of hydrogen-bond donors (Lipinski definition) is 1. The first-order valence-electron chi connectivity index (χ1n) is 5.47. The minimum atomic E-state index is -3.71. The lowest BCUT2D eigenvalue weighted by Gasteiger charge is -2.02. The number of nitrogens with one attached hydrogen (secondary N) is 1. The van der Waals surface area contributed by atoms with E-state index >= 15 is 0 Å². The molecule has 1 N–H and O–H groups in total. The third kappa shape index (κ3) is 3.49. The Kier molecular flexibility index (Phi) is 4.13. The fraction of sp³-hybridized carbons (Fsp3) is 0.273. The van der Waals surface area contributed by atoms with Gasteiger partial charge in [-0.3, -0.25) is 4.79 Å². The minimum absolute atomic E-state index is 0.0177. The highest BCUT2D eigenvalue weighted by molar-refractivity contribution is 7.89. The van der Waals surface area contributed by atoms with Crippen molar-refractivity contribution in [2.75, 3.05) is 6.54 Å². The van der Waals surface area contributed by atoms with Crippen molar-refractivity contribution in [3.63, 3.8) is 0 Å². The van der Waals surface area contributed by atoms with Gasteiger partial charge >= 0.3 is 0 Å². The fourth-order valence-corrected chi connectivity index (χ4v) is 3.17. The molecular formula is C11H12N2O4S2. The van der Waals surface area contributed by atoms with Gasteiger partial charge in [-0.2, -0.15) is 0 Å². The van der Waals surface area contributed by atoms with E-state index in [1.54, 1.807) is 0 Å². The van der Waals surface area contributed by atoms with Crippen molar-refractivity contribution in [3.8, 4) is 0 Å². The van der Waals surface area contributed by atoms with Gasteiger partial charge in [0.2, 0.25) is 5.09 Å². The van der Waals surface area contributed by atoms with Crippen molar-refractivity contribution in [1.29, 1.82) is 0 Å². The first kappa shape index (κ1) is 13.9. The summed E-state index contributed by atoms with van der Waals surface area (Å²) in [7, 11) is -3.71. The molecule has 2 aromatic heterocycles. The lowest BCUT2D eigenvalue weighted by atomic mass is 10.4. The maximum atomic E-state index is 11.8. The van der Waals surface area contributed by atoms with E-state index in [1.807, 2.05) is 12.3 Å². The molecule has 2 aromatic rings. The molecule has 0 aliphatic carbocycles. The second kappa shape index (κ2) is 5.64. The lowest BCUT2D eigenvalue weighted by Crippen LogP contribution is -2.25. The molecule has 19 heavy (non-hydrogen) atoms. The number of carbonyl (C=O) groups is 1. The number of nitrogens with zero attached hydrogens (tertiary/aromatic N) is 1. The Morgan fingerprint density at radius 2 is 2.26 bits per heavy atom. The van der Waals surface area contributed by atoms with Crippen LogP contribution in [0.5, 0.6) is 0 Å². The second-order valence-electron chi connectivity index (χ2n) is 3.81. The van der Waals surface area contributed by atoms with Gasteiger partial charge in [-0.05, 0) is 19.1 Å². The molecule has 0 aromatic carbocycles. The standard InChI is InChI=1S/C11H12N2O4S2/c1-8-7-18-10(13-8)4-5-12-19(15,16)11-3-2-9(6-14)17-11/h2-3,6-7,12H,4-5H2,1H3. The summed E-state index contributed by atoms with van der Waals surface area (Å²) in [6, 6.07) is 2.56. The number of aldehydes is 1. The Bertz CT molecular complexity index is 672. The molecule has 0 saturated heterocycles. The monoisotopic (exact) mass is 300 g/mol. The molecule has 0 fully saturated rings. The van der Waals surface area contributed by atoms with Gasteiger partial charge in [0.25, 0.3) is 10.0 Å². The highest BCUT2D eigenvalue weighted by atomic mass is 32.2. The van der Waals surface area contributed by atoms with Crippen LogP contribution in [-0.4, -0.2) is 26.2 Å². The van der Waals surface area contributed by atoms with E-state index < -0.39 is 10.0 Å². The zero-order valence-corrected chi connectivity index (χ0v) is 11.8. The third-order valence-corrected chi connectivity index (χ3v) is 4.64. The highest BCUT2D eigenvalue weighted by Gasteiger charge is 2.18. The number of aryl methyl sites for hydroxylation is 1. The van der Waals surface area contributed by atoms with Crippen molar-refractivity contribution >= 4 is 27.6 Å². The average Bonchev–Trinajstić information content (AvgIpc) is 2.98. The summed E-state index contributed by atoms with van der Waals surface area (Å²) >= 11 is 1.49. The Morgan fingerprint density at radius 1 is 1.47 bits per heavy atom. The summed E-state index contributed by atoms with van der Waals surface area (Å²) in [5.41, 5.74) is 0.921. The van der Waals surface area contributed by atoms with Crippen LogP contribution in [0.4, 0.5) is 0 Å². The van der Waals surface area contributed by atoms with E-state index in [0.29, 0.717) is 12.7 Å². The Hall–Kier alpha value is -1.51.